The molecule has 0 spiro atoms. The van der Waals surface area contributed by atoms with Crippen molar-refractivity contribution in [2.24, 2.45) is 0 Å². The number of ether oxygens (including phenoxy) is 2. The summed E-state index contributed by atoms with van der Waals surface area (Å²) in [5.74, 6) is -0.472. The monoisotopic (exact) mass is 233 g/mol. The van der Waals surface area contributed by atoms with Crippen molar-refractivity contribution in [3.63, 3.8) is 0 Å². The summed E-state index contributed by atoms with van der Waals surface area (Å²) in [6.45, 7) is 1.59. The van der Waals surface area contributed by atoms with Crippen LogP contribution >= 0.6 is 12.4 Å². The Morgan fingerprint density at radius 2 is 2.00 bits per heavy atom. The molecule has 6 heteroatoms. The van der Waals surface area contributed by atoms with E-state index in [0.29, 0.717) is 11.6 Å². The average molecular weight is 234 g/mol. The molecule has 0 unspecified atom stereocenters. The fourth-order valence-corrected chi connectivity index (χ4v) is 1.14. The van der Waals surface area contributed by atoms with Crippen LogP contribution in [0.25, 0.3) is 0 Å². The SMILES string of the molecule is COc1cc(OC)c(C(=O)O)c(C)n1.Cl. The van der Waals surface area contributed by atoms with Gasteiger partial charge in [0.1, 0.15) is 11.3 Å². The Kier molecular flexibility index (Phi) is 4.87. The van der Waals surface area contributed by atoms with E-state index in [0.717, 1.165) is 0 Å². The molecule has 0 aromatic carbocycles. The zero-order chi connectivity index (χ0) is 10.7. The highest BCUT2D eigenvalue weighted by Gasteiger charge is 2.16. The van der Waals surface area contributed by atoms with Crippen molar-refractivity contribution >= 4 is 18.4 Å². The fraction of sp³-hybridized carbons (Fsp3) is 0.333. The van der Waals surface area contributed by atoms with Crippen LogP contribution in [0.15, 0.2) is 6.07 Å². The molecule has 1 heterocycles. The first kappa shape index (κ1) is 13.5. The summed E-state index contributed by atoms with van der Waals surface area (Å²) in [4.78, 5) is 14.8. The first-order valence-corrected chi connectivity index (χ1v) is 3.93. The van der Waals surface area contributed by atoms with E-state index in [1.807, 2.05) is 0 Å². The number of aryl methyl sites for hydroxylation is 1. The standard InChI is InChI=1S/C9H11NO4.ClH/c1-5-8(9(11)12)6(13-2)4-7(10-5)14-3;/h4H,1-3H3,(H,11,12);1H. The molecule has 0 radical (unpaired) electrons. The van der Waals surface area contributed by atoms with Gasteiger partial charge in [0.2, 0.25) is 5.88 Å². The number of aromatic carboxylic acids is 1. The molecule has 0 fully saturated rings. The largest absolute Gasteiger partial charge is 0.496 e. The molecule has 0 aliphatic carbocycles. The molecule has 1 N–H and O–H groups in total. The number of carbonyl (C=O) groups is 1. The van der Waals surface area contributed by atoms with Gasteiger partial charge >= 0.3 is 5.97 Å². The highest BCUT2D eigenvalue weighted by Crippen LogP contribution is 2.25. The lowest BCUT2D eigenvalue weighted by molar-refractivity contribution is 0.0692. The predicted molar refractivity (Wildman–Crippen MR) is 56.3 cm³/mol. The zero-order valence-electron chi connectivity index (χ0n) is 8.60. The van der Waals surface area contributed by atoms with Gasteiger partial charge in [0.15, 0.2) is 0 Å². The molecule has 1 aromatic heterocycles. The fourth-order valence-electron chi connectivity index (χ4n) is 1.14. The first-order chi connectivity index (χ1) is 6.60. The number of carboxylic acids is 1. The van der Waals surface area contributed by atoms with E-state index in [4.69, 9.17) is 14.6 Å². The minimum Gasteiger partial charge on any atom is -0.496 e. The van der Waals surface area contributed by atoms with Gasteiger partial charge in [-0.05, 0) is 6.92 Å². The number of rotatable bonds is 3. The molecular weight excluding hydrogens is 222 g/mol. The highest BCUT2D eigenvalue weighted by atomic mass is 35.5. The van der Waals surface area contributed by atoms with E-state index >= 15 is 0 Å². The first-order valence-electron chi connectivity index (χ1n) is 3.93. The molecule has 5 nitrogen and oxygen atoms in total. The summed E-state index contributed by atoms with van der Waals surface area (Å²) in [6.07, 6.45) is 0. The Labute approximate surface area is 93.4 Å². The van der Waals surface area contributed by atoms with Crippen molar-refractivity contribution in [2.45, 2.75) is 6.92 Å². The number of nitrogens with zero attached hydrogens (tertiary/aromatic N) is 1. The summed E-state index contributed by atoms with van der Waals surface area (Å²) in [7, 11) is 2.86. The Morgan fingerprint density at radius 1 is 1.40 bits per heavy atom. The number of pyridine rings is 1. The highest BCUT2D eigenvalue weighted by molar-refractivity contribution is 5.92. The molecule has 84 valence electrons. The Morgan fingerprint density at radius 3 is 2.40 bits per heavy atom. The maximum absolute atomic E-state index is 10.8. The second-order valence-electron chi connectivity index (χ2n) is 2.63. The predicted octanol–water partition coefficient (Wildman–Crippen LogP) is 1.53. The number of methoxy groups -OCH3 is 2. The molecule has 0 aliphatic heterocycles. The molecule has 0 amide bonds. The third-order valence-corrected chi connectivity index (χ3v) is 1.78. The molecule has 1 rings (SSSR count). The number of carboxylic acid groups (broad SMARTS) is 1. The minimum absolute atomic E-state index is 0. The van der Waals surface area contributed by atoms with Gasteiger partial charge in [-0.1, -0.05) is 0 Å². The number of hydrogen-bond acceptors (Lipinski definition) is 4. The van der Waals surface area contributed by atoms with Crippen molar-refractivity contribution in [1.29, 1.82) is 0 Å². The van der Waals surface area contributed by atoms with Crippen molar-refractivity contribution in [3.05, 3.63) is 17.3 Å². The lowest BCUT2D eigenvalue weighted by Crippen LogP contribution is -2.06. The van der Waals surface area contributed by atoms with Gasteiger partial charge in [-0.3, -0.25) is 0 Å². The van der Waals surface area contributed by atoms with Gasteiger partial charge in [-0.25, -0.2) is 9.78 Å². The lowest BCUT2D eigenvalue weighted by atomic mass is 10.2. The average Bonchev–Trinajstić information content (AvgIpc) is 2.15. The Hall–Kier alpha value is -1.49. The number of halogens is 1. The normalized spacial score (nSPS) is 9.00. The van der Waals surface area contributed by atoms with Gasteiger partial charge in [0.25, 0.3) is 0 Å². The van der Waals surface area contributed by atoms with Crippen LogP contribution in [0.5, 0.6) is 11.6 Å². The van der Waals surface area contributed by atoms with Crippen molar-refractivity contribution in [1.82, 2.24) is 4.98 Å². The van der Waals surface area contributed by atoms with Gasteiger partial charge in [0, 0.05) is 6.07 Å². The Bertz CT molecular complexity index is 367. The third kappa shape index (κ3) is 2.73. The van der Waals surface area contributed by atoms with Crippen LogP contribution in [0.1, 0.15) is 16.1 Å². The molecule has 15 heavy (non-hydrogen) atoms. The molecule has 0 saturated carbocycles. The van der Waals surface area contributed by atoms with Gasteiger partial charge in [-0.15, -0.1) is 12.4 Å². The van der Waals surface area contributed by atoms with Gasteiger partial charge in [-0.2, -0.15) is 0 Å². The van der Waals surface area contributed by atoms with E-state index in [-0.39, 0.29) is 23.7 Å². The van der Waals surface area contributed by atoms with Crippen LogP contribution in [0.4, 0.5) is 0 Å². The van der Waals surface area contributed by atoms with Crippen LogP contribution in [0.2, 0.25) is 0 Å². The molecule has 0 atom stereocenters. The smallest absolute Gasteiger partial charge is 0.341 e. The number of aromatic nitrogens is 1. The molecule has 0 bridgehead atoms. The van der Waals surface area contributed by atoms with Crippen molar-refractivity contribution in [2.75, 3.05) is 14.2 Å². The maximum Gasteiger partial charge on any atom is 0.341 e. The summed E-state index contributed by atoms with van der Waals surface area (Å²) >= 11 is 0. The maximum atomic E-state index is 10.8. The van der Waals surface area contributed by atoms with Crippen LogP contribution in [-0.4, -0.2) is 30.3 Å². The summed E-state index contributed by atoms with van der Waals surface area (Å²) in [6, 6.07) is 1.44. The van der Waals surface area contributed by atoms with Crippen LogP contribution in [0.3, 0.4) is 0 Å². The van der Waals surface area contributed by atoms with Crippen LogP contribution in [0, 0.1) is 6.92 Å². The van der Waals surface area contributed by atoms with Crippen LogP contribution in [-0.2, 0) is 0 Å². The molecule has 0 aliphatic rings. The van der Waals surface area contributed by atoms with E-state index in [2.05, 4.69) is 4.98 Å². The molecule has 1 aromatic rings. The van der Waals surface area contributed by atoms with Gasteiger partial charge < -0.3 is 14.6 Å². The van der Waals surface area contributed by atoms with Crippen molar-refractivity contribution < 1.29 is 19.4 Å². The van der Waals surface area contributed by atoms with E-state index in [9.17, 15) is 4.79 Å². The third-order valence-electron chi connectivity index (χ3n) is 1.78. The van der Waals surface area contributed by atoms with Gasteiger partial charge in [0.05, 0.1) is 19.9 Å². The lowest BCUT2D eigenvalue weighted by Gasteiger charge is -2.08. The van der Waals surface area contributed by atoms with E-state index in [1.165, 1.54) is 20.3 Å². The molecule has 0 saturated heterocycles. The topological polar surface area (TPSA) is 68.7 Å². The quantitative estimate of drug-likeness (QED) is 0.858. The zero-order valence-corrected chi connectivity index (χ0v) is 9.42. The van der Waals surface area contributed by atoms with Crippen molar-refractivity contribution in [3.8, 4) is 11.6 Å². The summed E-state index contributed by atoms with van der Waals surface area (Å²) < 4.78 is 9.82. The Balaban J connectivity index is 0.00000196. The summed E-state index contributed by atoms with van der Waals surface area (Å²) in [5, 5.41) is 8.88. The number of hydrogen-bond donors (Lipinski definition) is 1. The van der Waals surface area contributed by atoms with E-state index < -0.39 is 5.97 Å². The summed E-state index contributed by atoms with van der Waals surface area (Å²) in [5.41, 5.74) is 0.432. The second-order valence-corrected chi connectivity index (χ2v) is 2.63. The van der Waals surface area contributed by atoms with Crippen LogP contribution < -0.4 is 9.47 Å². The second kappa shape index (κ2) is 5.41. The minimum atomic E-state index is -1.06. The molecular formula is C9H12ClNO4. The van der Waals surface area contributed by atoms with E-state index in [1.54, 1.807) is 6.92 Å².